The van der Waals surface area contributed by atoms with Crippen molar-refractivity contribution in [1.82, 2.24) is 4.57 Å². The molecule has 2 rings (SSSR count). The molecule has 1 aromatic heterocycles. The minimum Gasteiger partial charge on any atom is -1.00 e. The average molecular weight is 341 g/mol. The van der Waals surface area contributed by atoms with Gasteiger partial charge in [-0.05, 0) is 12.1 Å². The van der Waals surface area contributed by atoms with Gasteiger partial charge in [0, 0.05) is 11.8 Å². The average Bonchev–Trinajstić information content (AvgIpc) is 2.86. The summed E-state index contributed by atoms with van der Waals surface area (Å²) in [5.74, 6) is -0.403. The van der Waals surface area contributed by atoms with Gasteiger partial charge in [0.15, 0.2) is 6.54 Å². The van der Waals surface area contributed by atoms with Crippen LogP contribution in [0.15, 0.2) is 36.9 Å². The molecule has 8 nitrogen and oxygen atoms in total. The van der Waals surface area contributed by atoms with E-state index in [0.717, 1.165) is 0 Å². The monoisotopic (exact) mass is 340 g/mol. The van der Waals surface area contributed by atoms with Crippen LogP contribution in [-0.2, 0) is 23.1 Å². The molecule has 0 saturated heterocycles. The van der Waals surface area contributed by atoms with Gasteiger partial charge in [0.2, 0.25) is 6.33 Å². The maximum absolute atomic E-state index is 11.9. The van der Waals surface area contributed by atoms with E-state index in [2.05, 4.69) is 15.4 Å². The number of anilines is 2. The summed E-state index contributed by atoms with van der Waals surface area (Å²) in [7, 11) is 3.09. The number of aromatic hydroxyl groups is 1. The molecule has 0 atom stereocenters. The Morgan fingerprint density at radius 2 is 2.09 bits per heavy atom. The Morgan fingerprint density at radius 3 is 2.65 bits per heavy atom. The van der Waals surface area contributed by atoms with Crippen LogP contribution in [-0.4, -0.2) is 28.8 Å². The second-order valence-electron chi connectivity index (χ2n) is 4.65. The number of phenolic OH excluding ortho intramolecular Hbond substituents is 1. The van der Waals surface area contributed by atoms with Crippen molar-refractivity contribution in [3.8, 4) is 5.75 Å². The van der Waals surface area contributed by atoms with Gasteiger partial charge in [0.05, 0.1) is 19.8 Å². The van der Waals surface area contributed by atoms with E-state index in [1.807, 2.05) is 17.8 Å². The van der Waals surface area contributed by atoms with E-state index in [4.69, 9.17) is 0 Å². The Kier molecular flexibility index (Phi) is 6.40. The summed E-state index contributed by atoms with van der Waals surface area (Å²) in [5, 5.41) is 14.8. The number of imidazole rings is 1. The second kappa shape index (κ2) is 8.04. The van der Waals surface area contributed by atoms with Gasteiger partial charge in [-0.2, -0.15) is 0 Å². The molecule has 3 N–H and O–H groups in total. The lowest BCUT2D eigenvalue weighted by molar-refractivity contribution is -0.671. The molecular formula is C14H17ClN4O4. The molecule has 23 heavy (non-hydrogen) atoms. The van der Waals surface area contributed by atoms with Crippen molar-refractivity contribution in [3.05, 3.63) is 36.9 Å². The molecule has 2 aromatic rings. The number of carbonyl (C=O) groups is 2. The quantitative estimate of drug-likeness (QED) is 0.436. The maximum atomic E-state index is 11.9. The van der Waals surface area contributed by atoms with E-state index in [9.17, 15) is 14.7 Å². The van der Waals surface area contributed by atoms with E-state index in [1.165, 1.54) is 19.2 Å². The molecule has 0 fully saturated rings. The third-order valence-corrected chi connectivity index (χ3v) is 2.85. The van der Waals surface area contributed by atoms with Crippen LogP contribution in [0.25, 0.3) is 0 Å². The van der Waals surface area contributed by atoms with Gasteiger partial charge in [-0.15, -0.1) is 0 Å². The lowest BCUT2D eigenvalue weighted by atomic mass is 10.2. The van der Waals surface area contributed by atoms with Gasteiger partial charge >= 0.3 is 6.09 Å². The first-order valence-corrected chi connectivity index (χ1v) is 6.47. The zero-order chi connectivity index (χ0) is 16.1. The van der Waals surface area contributed by atoms with E-state index in [-0.39, 0.29) is 36.3 Å². The van der Waals surface area contributed by atoms with Gasteiger partial charge in [-0.25, -0.2) is 13.9 Å². The number of methoxy groups -OCH3 is 1. The molecule has 124 valence electrons. The zero-order valence-corrected chi connectivity index (χ0v) is 13.4. The number of benzene rings is 1. The molecular weight excluding hydrogens is 324 g/mol. The minimum atomic E-state index is -0.687. The Morgan fingerprint density at radius 1 is 1.35 bits per heavy atom. The summed E-state index contributed by atoms with van der Waals surface area (Å²) in [6.07, 6.45) is 4.69. The van der Waals surface area contributed by atoms with Crippen molar-refractivity contribution in [3.63, 3.8) is 0 Å². The van der Waals surface area contributed by atoms with E-state index < -0.39 is 6.09 Å². The fourth-order valence-corrected chi connectivity index (χ4v) is 1.84. The minimum absolute atomic E-state index is 0. The van der Waals surface area contributed by atoms with Crippen molar-refractivity contribution in [2.75, 3.05) is 17.7 Å². The number of aryl methyl sites for hydroxylation is 1. The topological polar surface area (TPSA) is 96.5 Å². The van der Waals surface area contributed by atoms with Crippen LogP contribution in [0.1, 0.15) is 0 Å². The van der Waals surface area contributed by atoms with E-state index in [0.29, 0.717) is 5.69 Å². The highest BCUT2D eigenvalue weighted by molar-refractivity contribution is 5.92. The highest BCUT2D eigenvalue weighted by atomic mass is 35.5. The van der Waals surface area contributed by atoms with Crippen LogP contribution in [0.5, 0.6) is 5.75 Å². The molecule has 0 saturated carbocycles. The lowest BCUT2D eigenvalue weighted by Gasteiger charge is -2.09. The Hall–Kier alpha value is -2.74. The first-order valence-electron chi connectivity index (χ1n) is 6.47. The van der Waals surface area contributed by atoms with E-state index in [1.54, 1.807) is 23.2 Å². The van der Waals surface area contributed by atoms with Gasteiger partial charge in [-0.3, -0.25) is 10.1 Å². The number of aromatic nitrogens is 2. The number of halogens is 1. The number of rotatable bonds is 4. The standard InChI is InChI=1S/C14H16N4O4.ClH/c1-17-5-6-18(9-17)8-13(20)15-10-3-4-11(12(19)7-10)16-14(21)22-2;/h3-7,9H,8H2,1-2H3,(H2-,15,16,19,20,21);1H. The second-order valence-corrected chi connectivity index (χ2v) is 4.65. The number of carbonyl (C=O) groups excluding carboxylic acids is 2. The fraction of sp³-hybridized carbons (Fsp3) is 0.214. The zero-order valence-electron chi connectivity index (χ0n) is 12.6. The number of hydrogen-bond donors (Lipinski definition) is 3. The highest BCUT2D eigenvalue weighted by Crippen LogP contribution is 2.26. The molecule has 0 unspecified atom stereocenters. The molecule has 0 radical (unpaired) electrons. The fourth-order valence-electron chi connectivity index (χ4n) is 1.84. The normalized spacial score (nSPS) is 9.65. The molecule has 0 spiro atoms. The predicted molar refractivity (Wildman–Crippen MR) is 78.4 cm³/mol. The highest BCUT2D eigenvalue weighted by Gasteiger charge is 2.11. The summed E-state index contributed by atoms with van der Waals surface area (Å²) in [5.41, 5.74) is 0.622. The Balaban J connectivity index is 0.00000264. The van der Waals surface area contributed by atoms with Gasteiger partial charge in [-0.1, -0.05) is 0 Å². The number of ether oxygens (including phenoxy) is 1. The Bertz CT molecular complexity index is 702. The molecule has 9 heteroatoms. The number of amides is 2. The smallest absolute Gasteiger partial charge is 0.411 e. The molecule has 2 amide bonds. The lowest BCUT2D eigenvalue weighted by Crippen LogP contribution is -3.00. The molecule has 0 aliphatic carbocycles. The largest absolute Gasteiger partial charge is 1.00 e. The van der Waals surface area contributed by atoms with Crippen molar-refractivity contribution < 1.29 is 36.4 Å². The van der Waals surface area contributed by atoms with Crippen LogP contribution < -0.4 is 27.6 Å². The third kappa shape index (κ3) is 5.19. The summed E-state index contributed by atoms with van der Waals surface area (Å²) in [6, 6.07) is 4.38. The number of nitrogens with one attached hydrogen (secondary N) is 2. The SMILES string of the molecule is COC(=O)Nc1ccc(NC(=O)Cn2cc[n+](C)c2)cc1O.[Cl-]. The van der Waals surface area contributed by atoms with Crippen molar-refractivity contribution >= 4 is 23.4 Å². The number of nitrogens with zero attached hydrogens (tertiary/aromatic N) is 2. The molecule has 0 aliphatic heterocycles. The van der Waals surface area contributed by atoms with Crippen molar-refractivity contribution in [2.24, 2.45) is 7.05 Å². The first-order chi connectivity index (χ1) is 10.5. The van der Waals surface area contributed by atoms with Gasteiger partial charge in [0.1, 0.15) is 18.1 Å². The third-order valence-electron chi connectivity index (χ3n) is 2.85. The summed E-state index contributed by atoms with van der Waals surface area (Å²) >= 11 is 0. The maximum Gasteiger partial charge on any atom is 0.411 e. The van der Waals surface area contributed by atoms with Crippen molar-refractivity contribution in [1.29, 1.82) is 0 Å². The summed E-state index contributed by atoms with van der Waals surface area (Å²) in [6.45, 7) is 0.157. The van der Waals surface area contributed by atoms with E-state index >= 15 is 0 Å². The summed E-state index contributed by atoms with van der Waals surface area (Å²) in [4.78, 5) is 23.0. The van der Waals surface area contributed by atoms with Crippen LogP contribution in [0.3, 0.4) is 0 Å². The predicted octanol–water partition coefficient (Wildman–Crippen LogP) is -2.16. The number of hydrogen-bond acceptors (Lipinski definition) is 4. The van der Waals surface area contributed by atoms with Crippen LogP contribution in [0.4, 0.5) is 16.2 Å². The van der Waals surface area contributed by atoms with Gasteiger partial charge in [0.25, 0.3) is 5.91 Å². The number of phenols is 1. The summed E-state index contributed by atoms with van der Waals surface area (Å²) < 4.78 is 7.99. The molecule has 0 aliphatic rings. The van der Waals surface area contributed by atoms with Crippen LogP contribution in [0.2, 0.25) is 0 Å². The molecule has 0 bridgehead atoms. The Labute approximate surface area is 139 Å². The van der Waals surface area contributed by atoms with Gasteiger partial charge < -0.3 is 27.6 Å². The van der Waals surface area contributed by atoms with Crippen LogP contribution in [0, 0.1) is 0 Å². The first kappa shape index (κ1) is 18.3. The molecule has 1 heterocycles. The van der Waals surface area contributed by atoms with Crippen molar-refractivity contribution in [2.45, 2.75) is 6.54 Å². The molecule has 1 aromatic carbocycles. The van der Waals surface area contributed by atoms with Crippen LogP contribution >= 0.6 is 0 Å².